The first-order valence-corrected chi connectivity index (χ1v) is 9.38. The third-order valence-electron chi connectivity index (χ3n) is 4.83. The Balaban J connectivity index is 2.02. The molecule has 0 fully saturated rings. The summed E-state index contributed by atoms with van der Waals surface area (Å²) in [5, 5.41) is 0.677. The van der Waals surface area contributed by atoms with E-state index in [0.717, 1.165) is 35.4 Å². The Morgan fingerprint density at radius 1 is 0.926 bits per heavy atom. The summed E-state index contributed by atoms with van der Waals surface area (Å²) in [6.45, 7) is 5.13. The lowest BCUT2D eigenvalue weighted by Gasteiger charge is -2.13. The van der Waals surface area contributed by atoms with E-state index in [1.807, 2.05) is 71.4 Å². The van der Waals surface area contributed by atoms with E-state index >= 15 is 0 Å². The van der Waals surface area contributed by atoms with Gasteiger partial charge in [-0.05, 0) is 41.7 Å². The van der Waals surface area contributed by atoms with Crippen molar-refractivity contribution in [2.75, 3.05) is 0 Å². The van der Waals surface area contributed by atoms with E-state index in [9.17, 15) is 4.79 Å². The van der Waals surface area contributed by atoms with E-state index in [-0.39, 0.29) is 5.56 Å². The van der Waals surface area contributed by atoms with Gasteiger partial charge in [0, 0.05) is 12.7 Å². The van der Waals surface area contributed by atoms with Crippen LogP contribution in [0.2, 0.25) is 0 Å². The van der Waals surface area contributed by atoms with Gasteiger partial charge in [-0.2, -0.15) is 0 Å². The molecular formula is C23H23N3O. The minimum Gasteiger partial charge on any atom is -0.267 e. The molecule has 0 atom stereocenters. The highest BCUT2D eigenvalue weighted by atomic mass is 16.1. The Hall–Kier alpha value is -3.14. The van der Waals surface area contributed by atoms with Crippen molar-refractivity contribution >= 4 is 11.0 Å². The lowest BCUT2D eigenvalue weighted by molar-refractivity contribution is 0.465. The average Bonchev–Trinajstić information content (AvgIpc) is 2.99. The number of pyridine rings is 1. The number of hydrogen-bond acceptors (Lipinski definition) is 2. The lowest BCUT2D eigenvalue weighted by Crippen LogP contribution is -2.22. The number of benzene rings is 2. The monoisotopic (exact) mass is 357 g/mol. The third kappa shape index (κ3) is 3.19. The van der Waals surface area contributed by atoms with Gasteiger partial charge in [-0.15, -0.1) is 0 Å². The molecule has 2 aromatic heterocycles. The van der Waals surface area contributed by atoms with Crippen LogP contribution in [-0.4, -0.2) is 14.3 Å². The molecule has 4 aromatic rings. The van der Waals surface area contributed by atoms with E-state index in [2.05, 4.69) is 18.8 Å². The van der Waals surface area contributed by atoms with Gasteiger partial charge in [0.25, 0.3) is 5.56 Å². The maximum atomic E-state index is 13.5. The van der Waals surface area contributed by atoms with Crippen LogP contribution in [0.15, 0.2) is 77.7 Å². The first-order valence-electron chi connectivity index (χ1n) is 9.38. The van der Waals surface area contributed by atoms with Crippen molar-refractivity contribution in [1.29, 1.82) is 0 Å². The highest BCUT2D eigenvalue weighted by Gasteiger charge is 2.19. The van der Waals surface area contributed by atoms with E-state index in [1.54, 1.807) is 10.9 Å². The summed E-state index contributed by atoms with van der Waals surface area (Å²) in [6, 6.07) is 21.8. The quantitative estimate of drug-likeness (QED) is 0.510. The van der Waals surface area contributed by atoms with Gasteiger partial charge < -0.3 is 0 Å². The number of fused-ring (bicyclic) bond motifs is 1. The van der Waals surface area contributed by atoms with Crippen molar-refractivity contribution in [2.24, 2.45) is 5.92 Å². The van der Waals surface area contributed by atoms with Gasteiger partial charge in [0.1, 0.15) is 0 Å². The van der Waals surface area contributed by atoms with Crippen molar-refractivity contribution in [3.05, 3.63) is 83.3 Å². The number of rotatable bonds is 5. The summed E-state index contributed by atoms with van der Waals surface area (Å²) < 4.78 is 3.80. The molecule has 0 spiro atoms. The van der Waals surface area contributed by atoms with Crippen LogP contribution in [-0.2, 0) is 6.54 Å². The molecule has 0 saturated heterocycles. The third-order valence-corrected chi connectivity index (χ3v) is 4.83. The fourth-order valence-electron chi connectivity index (χ4n) is 3.44. The topological polar surface area (TPSA) is 39.8 Å². The smallest absolute Gasteiger partial charge is 0.267 e. The maximum absolute atomic E-state index is 13.5. The number of hydrogen-bond donors (Lipinski definition) is 0. The first-order chi connectivity index (χ1) is 13.2. The van der Waals surface area contributed by atoms with Crippen molar-refractivity contribution in [3.8, 4) is 16.8 Å². The Labute approximate surface area is 158 Å². The predicted molar refractivity (Wildman–Crippen MR) is 110 cm³/mol. The zero-order valence-corrected chi connectivity index (χ0v) is 15.7. The van der Waals surface area contributed by atoms with Crippen LogP contribution in [0.5, 0.6) is 0 Å². The second-order valence-electron chi connectivity index (χ2n) is 7.18. The van der Waals surface area contributed by atoms with E-state index in [0.29, 0.717) is 11.3 Å². The molecule has 0 aliphatic rings. The Morgan fingerprint density at radius 2 is 1.59 bits per heavy atom. The predicted octanol–water partition coefficient (Wildman–Crippen LogP) is 4.90. The fraction of sp³-hybridized carbons (Fsp3) is 0.217. The second-order valence-corrected chi connectivity index (χ2v) is 7.18. The minimum absolute atomic E-state index is 0.0214. The number of aromatic nitrogens is 3. The molecule has 0 aliphatic heterocycles. The van der Waals surface area contributed by atoms with Crippen LogP contribution in [0, 0.1) is 5.92 Å². The standard InChI is InChI=1S/C23H23N3O/c1-17(2)14-16-25-22-21(23(27)26(25)19-11-7-4-8-12-19)20(13-15-24-22)18-9-5-3-6-10-18/h3-13,15,17H,14,16H2,1-2H3. The summed E-state index contributed by atoms with van der Waals surface area (Å²) in [5.41, 5.74) is 3.54. The molecule has 0 N–H and O–H groups in total. The van der Waals surface area contributed by atoms with E-state index in [4.69, 9.17) is 0 Å². The molecule has 0 radical (unpaired) electrons. The van der Waals surface area contributed by atoms with Crippen molar-refractivity contribution < 1.29 is 0 Å². The summed E-state index contributed by atoms with van der Waals surface area (Å²) in [6.07, 6.45) is 2.78. The zero-order valence-electron chi connectivity index (χ0n) is 15.7. The Kier molecular flexibility index (Phi) is 4.63. The molecule has 0 bridgehead atoms. The molecule has 4 nitrogen and oxygen atoms in total. The highest BCUT2D eigenvalue weighted by Crippen LogP contribution is 2.26. The molecule has 2 aromatic carbocycles. The summed E-state index contributed by atoms with van der Waals surface area (Å²) in [4.78, 5) is 18.1. The second kappa shape index (κ2) is 7.23. The van der Waals surface area contributed by atoms with Crippen LogP contribution in [0.25, 0.3) is 27.8 Å². The van der Waals surface area contributed by atoms with Crippen LogP contribution < -0.4 is 5.56 Å². The maximum Gasteiger partial charge on any atom is 0.281 e. The van der Waals surface area contributed by atoms with Crippen LogP contribution in [0.1, 0.15) is 20.3 Å². The van der Waals surface area contributed by atoms with Gasteiger partial charge in [-0.25, -0.2) is 9.67 Å². The molecule has 27 heavy (non-hydrogen) atoms. The molecule has 4 rings (SSSR count). The molecule has 0 unspecified atom stereocenters. The average molecular weight is 357 g/mol. The Morgan fingerprint density at radius 3 is 2.26 bits per heavy atom. The van der Waals surface area contributed by atoms with Crippen molar-refractivity contribution in [3.63, 3.8) is 0 Å². The number of nitrogens with zero attached hydrogens (tertiary/aromatic N) is 3. The van der Waals surface area contributed by atoms with Crippen molar-refractivity contribution in [1.82, 2.24) is 14.3 Å². The van der Waals surface area contributed by atoms with Crippen LogP contribution in [0.4, 0.5) is 0 Å². The fourth-order valence-corrected chi connectivity index (χ4v) is 3.44. The lowest BCUT2D eigenvalue weighted by atomic mass is 10.0. The largest absolute Gasteiger partial charge is 0.281 e. The van der Waals surface area contributed by atoms with Crippen molar-refractivity contribution in [2.45, 2.75) is 26.8 Å². The summed E-state index contributed by atoms with van der Waals surface area (Å²) >= 11 is 0. The zero-order chi connectivity index (χ0) is 18.8. The molecule has 2 heterocycles. The molecule has 4 heteroatoms. The molecule has 0 saturated carbocycles. The normalized spacial score (nSPS) is 11.4. The van der Waals surface area contributed by atoms with Gasteiger partial charge in [0.2, 0.25) is 0 Å². The van der Waals surface area contributed by atoms with Gasteiger partial charge in [0.05, 0.1) is 11.1 Å². The van der Waals surface area contributed by atoms with Gasteiger partial charge >= 0.3 is 0 Å². The van der Waals surface area contributed by atoms with Crippen LogP contribution >= 0.6 is 0 Å². The SMILES string of the molecule is CC(C)CCn1c2nccc(-c3ccccc3)c2c(=O)n1-c1ccccc1. The summed E-state index contributed by atoms with van der Waals surface area (Å²) in [7, 11) is 0. The van der Waals surface area contributed by atoms with E-state index < -0.39 is 0 Å². The minimum atomic E-state index is -0.0214. The number of para-hydroxylation sites is 1. The molecule has 136 valence electrons. The van der Waals surface area contributed by atoms with Gasteiger partial charge in [-0.3, -0.25) is 9.48 Å². The molecular weight excluding hydrogens is 334 g/mol. The van der Waals surface area contributed by atoms with E-state index in [1.165, 1.54) is 0 Å². The summed E-state index contributed by atoms with van der Waals surface area (Å²) in [5.74, 6) is 0.541. The Bertz CT molecular complexity index is 1110. The molecule has 0 amide bonds. The highest BCUT2D eigenvalue weighted by molar-refractivity contribution is 5.92. The van der Waals surface area contributed by atoms with Crippen LogP contribution in [0.3, 0.4) is 0 Å². The van der Waals surface area contributed by atoms with Gasteiger partial charge in [-0.1, -0.05) is 62.4 Å². The molecule has 0 aliphatic carbocycles. The van der Waals surface area contributed by atoms with Gasteiger partial charge in [0.15, 0.2) is 5.65 Å². The first kappa shape index (κ1) is 17.3. The number of aryl methyl sites for hydroxylation is 1.